The lowest BCUT2D eigenvalue weighted by Crippen LogP contribution is -2.28. The van der Waals surface area contributed by atoms with Crippen LogP contribution in [0.5, 0.6) is 5.88 Å². The van der Waals surface area contributed by atoms with Crippen LogP contribution in [0.15, 0.2) is 35.4 Å². The molecule has 0 fully saturated rings. The summed E-state index contributed by atoms with van der Waals surface area (Å²) in [5.41, 5.74) is 0.464. The number of nitrogens with zero attached hydrogens (tertiary/aromatic N) is 3. The number of ether oxygens (including phenoxy) is 1. The molecule has 0 aliphatic carbocycles. The summed E-state index contributed by atoms with van der Waals surface area (Å²) in [5, 5.41) is 11.9. The number of aliphatic hydroxyl groups excluding tert-OH is 1. The van der Waals surface area contributed by atoms with Crippen LogP contribution in [-0.2, 0) is 6.54 Å². The predicted octanol–water partition coefficient (Wildman–Crippen LogP) is 0.430. The summed E-state index contributed by atoms with van der Waals surface area (Å²) in [4.78, 5) is 20.2. The maximum atomic E-state index is 12.1. The lowest BCUT2D eigenvalue weighted by molar-refractivity contribution is 0.273. The van der Waals surface area contributed by atoms with Crippen LogP contribution in [0.4, 0.5) is 5.82 Å². The van der Waals surface area contributed by atoms with E-state index in [0.29, 0.717) is 24.7 Å². The van der Waals surface area contributed by atoms with Crippen LogP contribution in [-0.4, -0.2) is 39.4 Å². The molecule has 0 aliphatic rings. The largest absolute Gasteiger partial charge is 0.476 e. The Bertz CT molecular complexity index is 628. The van der Waals surface area contributed by atoms with Gasteiger partial charge in [-0.25, -0.2) is 9.97 Å². The molecule has 0 unspecified atom stereocenters. The molecule has 2 heterocycles. The Balaban J connectivity index is 1.91. The van der Waals surface area contributed by atoms with E-state index in [1.807, 2.05) is 12.1 Å². The van der Waals surface area contributed by atoms with Gasteiger partial charge in [-0.2, -0.15) is 0 Å². The lowest BCUT2D eigenvalue weighted by atomic mass is 10.4. The van der Waals surface area contributed by atoms with Crippen molar-refractivity contribution >= 4 is 5.82 Å². The number of hydrogen-bond acceptors (Lipinski definition) is 6. The van der Waals surface area contributed by atoms with Gasteiger partial charge in [0.05, 0.1) is 13.2 Å². The number of nitrogens with one attached hydrogen (secondary N) is 1. The first-order valence-corrected chi connectivity index (χ1v) is 6.67. The monoisotopic (exact) mass is 290 g/mol. The van der Waals surface area contributed by atoms with Gasteiger partial charge in [0.15, 0.2) is 5.82 Å². The molecule has 0 atom stereocenters. The lowest BCUT2D eigenvalue weighted by Gasteiger charge is -2.11. The van der Waals surface area contributed by atoms with E-state index in [1.54, 1.807) is 25.4 Å². The molecule has 7 heteroatoms. The molecule has 0 saturated heterocycles. The molecule has 2 rings (SSSR count). The molecule has 2 N–H and O–H groups in total. The number of rotatable bonds is 7. The van der Waals surface area contributed by atoms with Gasteiger partial charge in [-0.1, -0.05) is 6.07 Å². The number of aliphatic hydroxyl groups is 1. The molecule has 0 aliphatic heterocycles. The van der Waals surface area contributed by atoms with E-state index in [1.165, 1.54) is 4.57 Å². The fourth-order valence-electron chi connectivity index (χ4n) is 1.83. The van der Waals surface area contributed by atoms with Crippen molar-refractivity contribution in [3.05, 3.63) is 46.6 Å². The second-order valence-electron chi connectivity index (χ2n) is 4.37. The van der Waals surface area contributed by atoms with Crippen molar-refractivity contribution in [1.29, 1.82) is 0 Å². The van der Waals surface area contributed by atoms with E-state index in [2.05, 4.69) is 15.3 Å². The van der Waals surface area contributed by atoms with Crippen molar-refractivity contribution in [2.45, 2.75) is 13.5 Å². The van der Waals surface area contributed by atoms with Gasteiger partial charge in [0.25, 0.3) is 5.56 Å². The van der Waals surface area contributed by atoms with Crippen LogP contribution >= 0.6 is 0 Å². The third kappa shape index (κ3) is 4.03. The van der Waals surface area contributed by atoms with E-state index in [4.69, 9.17) is 9.84 Å². The Hall–Kier alpha value is -2.41. The summed E-state index contributed by atoms with van der Waals surface area (Å²) >= 11 is 0. The van der Waals surface area contributed by atoms with Gasteiger partial charge in [-0.3, -0.25) is 4.79 Å². The number of pyridine rings is 1. The molecule has 0 spiro atoms. The second-order valence-corrected chi connectivity index (χ2v) is 4.37. The Kier molecular flexibility index (Phi) is 5.28. The standard InChI is InChI=1S/C14H18N4O3/c1-11-10-17-13(14(20)18(11)7-8-19)16-6-9-21-12-4-2-3-5-15-12/h2-5,10,19H,6-9H2,1H3,(H,16,17). The average molecular weight is 290 g/mol. The Morgan fingerprint density at radius 3 is 2.95 bits per heavy atom. The van der Waals surface area contributed by atoms with Crippen molar-refractivity contribution in [3.63, 3.8) is 0 Å². The summed E-state index contributed by atoms with van der Waals surface area (Å²) < 4.78 is 6.90. The highest BCUT2D eigenvalue weighted by atomic mass is 16.5. The average Bonchev–Trinajstić information content (AvgIpc) is 2.51. The quantitative estimate of drug-likeness (QED) is 0.719. The Morgan fingerprint density at radius 1 is 1.38 bits per heavy atom. The topological polar surface area (TPSA) is 89.3 Å². The van der Waals surface area contributed by atoms with Crippen molar-refractivity contribution < 1.29 is 9.84 Å². The Morgan fingerprint density at radius 2 is 2.24 bits per heavy atom. The number of anilines is 1. The van der Waals surface area contributed by atoms with E-state index < -0.39 is 0 Å². The maximum Gasteiger partial charge on any atom is 0.293 e. The normalized spacial score (nSPS) is 10.4. The highest BCUT2D eigenvalue weighted by Crippen LogP contribution is 2.03. The van der Waals surface area contributed by atoms with Crippen LogP contribution < -0.4 is 15.6 Å². The highest BCUT2D eigenvalue weighted by Gasteiger charge is 2.07. The minimum Gasteiger partial charge on any atom is -0.476 e. The fourth-order valence-corrected chi connectivity index (χ4v) is 1.83. The molecule has 2 aromatic heterocycles. The summed E-state index contributed by atoms with van der Waals surface area (Å²) in [6.07, 6.45) is 3.25. The highest BCUT2D eigenvalue weighted by molar-refractivity contribution is 5.31. The molecule has 0 aromatic carbocycles. The van der Waals surface area contributed by atoms with E-state index in [9.17, 15) is 4.79 Å². The third-order valence-corrected chi connectivity index (χ3v) is 2.86. The Labute approximate surface area is 122 Å². The number of aryl methyl sites for hydroxylation is 1. The van der Waals surface area contributed by atoms with Crippen molar-refractivity contribution in [2.75, 3.05) is 25.1 Å². The van der Waals surface area contributed by atoms with Crippen molar-refractivity contribution in [1.82, 2.24) is 14.5 Å². The van der Waals surface area contributed by atoms with Gasteiger partial charge in [0.2, 0.25) is 5.88 Å². The van der Waals surface area contributed by atoms with E-state index >= 15 is 0 Å². The van der Waals surface area contributed by atoms with Gasteiger partial charge in [-0.05, 0) is 13.0 Å². The van der Waals surface area contributed by atoms with Crippen molar-refractivity contribution in [2.24, 2.45) is 0 Å². The summed E-state index contributed by atoms with van der Waals surface area (Å²) in [6, 6.07) is 5.41. The second kappa shape index (κ2) is 7.39. The molecular formula is C14H18N4O3. The minimum atomic E-state index is -0.248. The maximum absolute atomic E-state index is 12.1. The molecule has 2 aromatic rings. The molecular weight excluding hydrogens is 272 g/mol. The van der Waals surface area contributed by atoms with Gasteiger partial charge < -0.3 is 19.7 Å². The first kappa shape index (κ1) is 15.0. The third-order valence-electron chi connectivity index (χ3n) is 2.86. The van der Waals surface area contributed by atoms with Gasteiger partial charge in [0, 0.05) is 30.7 Å². The predicted molar refractivity (Wildman–Crippen MR) is 78.5 cm³/mol. The molecule has 0 radical (unpaired) electrons. The van der Waals surface area contributed by atoms with Crippen LogP contribution in [0.2, 0.25) is 0 Å². The smallest absolute Gasteiger partial charge is 0.293 e. The van der Waals surface area contributed by atoms with Gasteiger partial charge >= 0.3 is 0 Å². The summed E-state index contributed by atoms with van der Waals surface area (Å²) in [6.45, 7) is 2.74. The van der Waals surface area contributed by atoms with Gasteiger partial charge in [0.1, 0.15) is 6.61 Å². The SMILES string of the molecule is Cc1cnc(NCCOc2ccccn2)c(=O)n1CCO. The fraction of sp³-hybridized carbons (Fsp3) is 0.357. The summed E-state index contributed by atoms with van der Waals surface area (Å²) in [5.74, 6) is 0.785. The zero-order valence-electron chi connectivity index (χ0n) is 11.8. The van der Waals surface area contributed by atoms with E-state index in [-0.39, 0.29) is 24.5 Å². The van der Waals surface area contributed by atoms with Gasteiger partial charge in [-0.15, -0.1) is 0 Å². The van der Waals surface area contributed by atoms with Crippen molar-refractivity contribution in [3.8, 4) is 5.88 Å². The van der Waals surface area contributed by atoms with Crippen LogP contribution in [0, 0.1) is 6.92 Å². The van der Waals surface area contributed by atoms with E-state index in [0.717, 1.165) is 0 Å². The minimum absolute atomic E-state index is 0.0903. The molecule has 7 nitrogen and oxygen atoms in total. The summed E-state index contributed by atoms with van der Waals surface area (Å²) in [7, 11) is 0. The molecule has 112 valence electrons. The zero-order chi connectivity index (χ0) is 15.1. The van der Waals surface area contributed by atoms with Crippen LogP contribution in [0.25, 0.3) is 0 Å². The molecule has 0 saturated carbocycles. The molecule has 21 heavy (non-hydrogen) atoms. The first-order chi connectivity index (χ1) is 10.2. The molecule has 0 amide bonds. The number of hydrogen-bond donors (Lipinski definition) is 2. The zero-order valence-corrected chi connectivity index (χ0v) is 11.8. The molecule has 0 bridgehead atoms. The van der Waals surface area contributed by atoms with Crippen LogP contribution in [0.3, 0.4) is 0 Å². The van der Waals surface area contributed by atoms with Crippen LogP contribution in [0.1, 0.15) is 5.69 Å². The first-order valence-electron chi connectivity index (χ1n) is 6.67. The number of aromatic nitrogens is 3.